The molecule has 2 aromatic heterocycles. The zero-order chi connectivity index (χ0) is 13.4. The zero-order valence-electron chi connectivity index (χ0n) is 10.6. The number of para-hydroxylation sites is 1. The van der Waals surface area contributed by atoms with Crippen molar-refractivity contribution in [3.63, 3.8) is 0 Å². The summed E-state index contributed by atoms with van der Waals surface area (Å²) in [5, 5.41) is 13.9. The molecule has 0 saturated heterocycles. The molecule has 3 nitrogen and oxygen atoms in total. The fraction of sp³-hybridized carbons (Fsp3) is 0.267. The molecule has 0 aliphatic heterocycles. The van der Waals surface area contributed by atoms with Gasteiger partial charge >= 0.3 is 0 Å². The number of rotatable bonds is 3. The highest BCUT2D eigenvalue weighted by Crippen LogP contribution is 2.35. The summed E-state index contributed by atoms with van der Waals surface area (Å²) < 4.78 is 7.67. The summed E-state index contributed by atoms with van der Waals surface area (Å²) in [4.78, 5) is 0. The molecule has 0 N–H and O–H groups in total. The number of halogens is 1. The van der Waals surface area contributed by atoms with Crippen molar-refractivity contribution < 1.29 is 9.15 Å². The third kappa shape index (κ3) is 2.00. The van der Waals surface area contributed by atoms with Crippen molar-refractivity contribution in [2.75, 3.05) is 0 Å². The third-order valence-electron chi connectivity index (χ3n) is 3.35. The Hall–Kier alpha value is -1.55. The van der Waals surface area contributed by atoms with Gasteiger partial charge in [0, 0.05) is 12.5 Å². The zero-order valence-corrected chi connectivity index (χ0v) is 12.2. The highest BCUT2D eigenvalue weighted by atomic mass is 79.9. The fourth-order valence-electron chi connectivity index (χ4n) is 2.37. The smallest absolute Gasteiger partial charge is 0.224 e. The van der Waals surface area contributed by atoms with E-state index in [9.17, 15) is 5.21 Å². The van der Waals surface area contributed by atoms with Gasteiger partial charge in [0.2, 0.25) is 17.3 Å². The Morgan fingerprint density at radius 1 is 1.32 bits per heavy atom. The normalized spacial score (nSPS) is 11.5. The number of pyridine rings is 1. The molecule has 0 spiro atoms. The molecular formula is C15H14BrNO2. The van der Waals surface area contributed by atoms with Crippen LogP contribution in [0.2, 0.25) is 0 Å². The highest BCUT2D eigenvalue weighted by Gasteiger charge is 2.18. The molecule has 0 aliphatic rings. The first-order chi connectivity index (χ1) is 9.22. The van der Waals surface area contributed by atoms with E-state index in [0.29, 0.717) is 11.1 Å². The van der Waals surface area contributed by atoms with E-state index in [1.165, 1.54) is 6.20 Å². The predicted molar refractivity (Wildman–Crippen MR) is 79.0 cm³/mol. The van der Waals surface area contributed by atoms with E-state index in [1.807, 2.05) is 24.3 Å². The number of fused-ring (bicyclic) bond motifs is 3. The largest absolute Gasteiger partial charge is 0.618 e. The van der Waals surface area contributed by atoms with Crippen LogP contribution in [0, 0.1) is 5.21 Å². The van der Waals surface area contributed by atoms with Gasteiger partial charge in [-0.15, -0.1) is 0 Å². The fourth-order valence-corrected chi connectivity index (χ4v) is 3.06. The van der Waals surface area contributed by atoms with Gasteiger partial charge < -0.3 is 9.62 Å². The Morgan fingerprint density at radius 2 is 2.11 bits per heavy atom. The van der Waals surface area contributed by atoms with E-state index in [1.54, 1.807) is 0 Å². The summed E-state index contributed by atoms with van der Waals surface area (Å²) in [6.45, 7) is 2.15. The van der Waals surface area contributed by atoms with Crippen LogP contribution in [0.15, 0.2) is 39.4 Å². The summed E-state index contributed by atoms with van der Waals surface area (Å²) >= 11 is 3.62. The van der Waals surface area contributed by atoms with Gasteiger partial charge in [0.25, 0.3) is 0 Å². The van der Waals surface area contributed by atoms with Crippen molar-refractivity contribution in [1.29, 1.82) is 0 Å². The maximum absolute atomic E-state index is 12.0. The van der Waals surface area contributed by atoms with Gasteiger partial charge in [0.1, 0.15) is 5.76 Å². The van der Waals surface area contributed by atoms with Crippen LogP contribution in [0.3, 0.4) is 0 Å². The number of unbranched alkanes of at least 4 members (excludes halogenated alkanes) is 1. The molecule has 98 valence electrons. The lowest BCUT2D eigenvalue weighted by atomic mass is 10.1. The van der Waals surface area contributed by atoms with Crippen molar-refractivity contribution in [2.24, 2.45) is 0 Å². The average molecular weight is 320 g/mol. The second kappa shape index (κ2) is 4.85. The van der Waals surface area contributed by atoms with Gasteiger partial charge in [0.05, 0.1) is 15.2 Å². The van der Waals surface area contributed by atoms with Crippen molar-refractivity contribution in [2.45, 2.75) is 26.2 Å². The SMILES string of the molecule is CCCCc1oc2c[n+]([O-])c3ccccc3c2c1Br. The van der Waals surface area contributed by atoms with Crippen molar-refractivity contribution >= 4 is 37.8 Å². The Balaban J connectivity index is 2.32. The van der Waals surface area contributed by atoms with E-state index in [2.05, 4.69) is 22.9 Å². The highest BCUT2D eigenvalue weighted by molar-refractivity contribution is 9.10. The van der Waals surface area contributed by atoms with Gasteiger partial charge in [-0.2, -0.15) is 4.73 Å². The van der Waals surface area contributed by atoms with Crippen LogP contribution in [-0.2, 0) is 6.42 Å². The first-order valence-electron chi connectivity index (χ1n) is 6.44. The Labute approximate surface area is 119 Å². The van der Waals surface area contributed by atoms with Gasteiger partial charge in [0.15, 0.2) is 0 Å². The topological polar surface area (TPSA) is 40.1 Å². The molecule has 2 heterocycles. The standard InChI is InChI=1S/C15H14BrNO2/c1-2-3-8-12-15(16)14-10-6-4-5-7-11(10)17(18)9-13(14)19-12/h4-7,9H,2-3,8H2,1H3. The molecule has 0 saturated carbocycles. The van der Waals surface area contributed by atoms with Crippen LogP contribution in [-0.4, -0.2) is 0 Å². The summed E-state index contributed by atoms with van der Waals surface area (Å²) in [6.07, 6.45) is 4.59. The molecule has 0 unspecified atom stereocenters. The van der Waals surface area contributed by atoms with Crippen molar-refractivity contribution in [3.8, 4) is 0 Å². The molecule has 0 atom stereocenters. The molecule has 0 radical (unpaired) electrons. The van der Waals surface area contributed by atoms with E-state index >= 15 is 0 Å². The lowest BCUT2D eigenvalue weighted by Gasteiger charge is -2.01. The minimum Gasteiger partial charge on any atom is -0.618 e. The van der Waals surface area contributed by atoms with E-state index < -0.39 is 0 Å². The van der Waals surface area contributed by atoms with Crippen molar-refractivity contribution in [1.82, 2.24) is 0 Å². The summed E-state index contributed by atoms with van der Waals surface area (Å²) in [5.74, 6) is 0.924. The molecule has 0 aliphatic carbocycles. The maximum atomic E-state index is 12.0. The first kappa shape index (κ1) is 12.5. The molecule has 3 aromatic rings. The molecular weight excluding hydrogens is 306 g/mol. The van der Waals surface area contributed by atoms with Crippen LogP contribution in [0.1, 0.15) is 25.5 Å². The van der Waals surface area contributed by atoms with Crippen molar-refractivity contribution in [3.05, 3.63) is 45.9 Å². The van der Waals surface area contributed by atoms with E-state index in [4.69, 9.17) is 4.42 Å². The number of benzene rings is 1. The minimum atomic E-state index is 0.645. The number of aromatic nitrogens is 1. The van der Waals surface area contributed by atoms with E-state index in [-0.39, 0.29) is 0 Å². The van der Waals surface area contributed by atoms with Crippen LogP contribution >= 0.6 is 15.9 Å². The molecule has 0 amide bonds. The molecule has 3 rings (SSSR count). The van der Waals surface area contributed by atoms with E-state index in [0.717, 1.165) is 45.0 Å². The molecule has 19 heavy (non-hydrogen) atoms. The average Bonchev–Trinajstić information content (AvgIpc) is 2.73. The lowest BCUT2D eigenvalue weighted by Crippen LogP contribution is -2.25. The van der Waals surface area contributed by atoms with Crippen LogP contribution in [0.4, 0.5) is 0 Å². The lowest BCUT2D eigenvalue weighted by molar-refractivity contribution is -0.575. The Kier molecular flexibility index (Phi) is 3.19. The monoisotopic (exact) mass is 319 g/mol. The van der Waals surface area contributed by atoms with Crippen LogP contribution in [0.25, 0.3) is 21.9 Å². The van der Waals surface area contributed by atoms with Gasteiger partial charge in [-0.3, -0.25) is 0 Å². The number of hydrogen-bond donors (Lipinski definition) is 0. The van der Waals surface area contributed by atoms with Crippen LogP contribution in [0.5, 0.6) is 0 Å². The quantitative estimate of drug-likeness (QED) is 0.532. The number of nitrogens with zero attached hydrogens (tertiary/aromatic N) is 1. The van der Waals surface area contributed by atoms with Crippen LogP contribution < -0.4 is 4.73 Å². The molecule has 0 fully saturated rings. The van der Waals surface area contributed by atoms with Gasteiger partial charge in [-0.25, -0.2) is 0 Å². The number of aryl methyl sites for hydroxylation is 1. The summed E-state index contributed by atoms with van der Waals surface area (Å²) in [7, 11) is 0. The maximum Gasteiger partial charge on any atom is 0.224 e. The second-order valence-electron chi connectivity index (χ2n) is 4.65. The molecule has 0 bridgehead atoms. The number of hydrogen-bond acceptors (Lipinski definition) is 2. The second-order valence-corrected chi connectivity index (χ2v) is 5.45. The third-order valence-corrected chi connectivity index (χ3v) is 4.19. The molecule has 1 aromatic carbocycles. The first-order valence-corrected chi connectivity index (χ1v) is 7.23. The Bertz CT molecular complexity index is 749. The minimum absolute atomic E-state index is 0.645. The molecule has 4 heteroatoms. The van der Waals surface area contributed by atoms with Gasteiger partial charge in [-0.05, 0) is 28.4 Å². The van der Waals surface area contributed by atoms with Gasteiger partial charge in [-0.1, -0.05) is 25.5 Å². The Morgan fingerprint density at radius 3 is 2.89 bits per heavy atom. The summed E-state index contributed by atoms with van der Waals surface area (Å²) in [5.41, 5.74) is 1.31. The number of furan rings is 1. The summed E-state index contributed by atoms with van der Waals surface area (Å²) in [6, 6.07) is 7.59. The predicted octanol–water partition coefficient (Wildman–Crippen LogP) is 4.32.